The van der Waals surface area contributed by atoms with Gasteiger partial charge in [0, 0.05) is 5.56 Å². The maximum atomic E-state index is 13.7. The van der Waals surface area contributed by atoms with Crippen molar-refractivity contribution in [3.63, 3.8) is 0 Å². The zero-order valence-corrected chi connectivity index (χ0v) is 13.9. The first-order valence-corrected chi connectivity index (χ1v) is 8.75. The van der Waals surface area contributed by atoms with Crippen LogP contribution in [0.5, 0.6) is 5.75 Å². The van der Waals surface area contributed by atoms with E-state index >= 15 is 0 Å². The quantitative estimate of drug-likeness (QED) is 0.647. The van der Waals surface area contributed by atoms with Gasteiger partial charge in [-0.2, -0.15) is 0 Å². The van der Waals surface area contributed by atoms with Crippen molar-refractivity contribution in [1.82, 2.24) is 4.98 Å². The molecule has 0 spiro atoms. The average molecular weight is 337 g/mol. The van der Waals surface area contributed by atoms with Gasteiger partial charge in [-0.1, -0.05) is 19.3 Å². The maximum Gasteiger partial charge on any atom is 0.152 e. The summed E-state index contributed by atoms with van der Waals surface area (Å²) in [7, 11) is 0. The van der Waals surface area contributed by atoms with Gasteiger partial charge < -0.3 is 9.52 Å². The molecule has 1 N–H and O–H groups in total. The second-order valence-corrected chi connectivity index (χ2v) is 6.64. The van der Waals surface area contributed by atoms with Gasteiger partial charge in [0.25, 0.3) is 0 Å². The minimum Gasteiger partial charge on any atom is -0.507 e. The van der Waals surface area contributed by atoms with Crippen molar-refractivity contribution in [1.29, 1.82) is 0 Å². The molecule has 1 aromatic carbocycles. The molecule has 4 rings (SSSR count). The molecule has 1 aliphatic rings. The van der Waals surface area contributed by atoms with Crippen molar-refractivity contribution in [2.45, 2.75) is 38.0 Å². The van der Waals surface area contributed by atoms with E-state index in [4.69, 9.17) is 4.42 Å². The van der Waals surface area contributed by atoms with Crippen LogP contribution in [0.4, 0.5) is 4.39 Å². The monoisotopic (exact) mass is 337 g/mol. The molecule has 0 unspecified atom stereocenters. The van der Waals surface area contributed by atoms with E-state index in [-0.39, 0.29) is 5.75 Å². The number of phenolic OH excluding ortho intramolecular Hbond substituents is 1. The summed E-state index contributed by atoms with van der Waals surface area (Å²) in [6.07, 6.45) is 7.65. The number of pyridine rings is 1. The van der Waals surface area contributed by atoms with E-state index in [0.29, 0.717) is 28.6 Å². The first-order valence-electron chi connectivity index (χ1n) is 8.75. The maximum absolute atomic E-state index is 13.7. The molecule has 2 heterocycles. The summed E-state index contributed by atoms with van der Waals surface area (Å²) in [4.78, 5) is 4.62. The Morgan fingerprint density at radius 3 is 2.56 bits per heavy atom. The molecule has 128 valence electrons. The summed E-state index contributed by atoms with van der Waals surface area (Å²) in [6.45, 7) is 0. The molecular weight excluding hydrogens is 317 g/mol. The Morgan fingerprint density at radius 1 is 1.00 bits per heavy atom. The second-order valence-electron chi connectivity index (χ2n) is 6.64. The van der Waals surface area contributed by atoms with Crippen molar-refractivity contribution in [3.05, 3.63) is 60.1 Å². The Hall–Kier alpha value is -2.62. The van der Waals surface area contributed by atoms with Crippen LogP contribution in [-0.2, 0) is 0 Å². The molecule has 3 aromatic rings. The smallest absolute Gasteiger partial charge is 0.152 e. The molecule has 25 heavy (non-hydrogen) atoms. The fourth-order valence-electron chi connectivity index (χ4n) is 3.63. The van der Waals surface area contributed by atoms with Crippen molar-refractivity contribution in [2.24, 2.45) is 0 Å². The number of nitrogens with zero attached hydrogens (tertiary/aromatic N) is 1. The molecular formula is C21H20FNO2. The molecule has 0 radical (unpaired) electrons. The van der Waals surface area contributed by atoms with Gasteiger partial charge in [0.2, 0.25) is 0 Å². The zero-order valence-electron chi connectivity index (χ0n) is 13.9. The van der Waals surface area contributed by atoms with Crippen molar-refractivity contribution in [2.75, 3.05) is 0 Å². The standard InChI is InChI=1S/C21H20FNO2/c22-16-8-9-20(24)17(13-16)18-11-15(14-5-2-1-3-6-14)12-19(23-18)21-7-4-10-25-21/h4,7-14,24H,1-3,5-6H2. The van der Waals surface area contributed by atoms with Crippen molar-refractivity contribution in [3.8, 4) is 28.5 Å². The van der Waals surface area contributed by atoms with E-state index in [1.165, 1.54) is 43.0 Å². The SMILES string of the molecule is Oc1ccc(F)cc1-c1cc(C2CCCCC2)cc(-c2ccco2)n1. The number of aromatic hydroxyl groups is 1. The van der Waals surface area contributed by atoms with Crippen molar-refractivity contribution < 1.29 is 13.9 Å². The van der Waals surface area contributed by atoms with Crippen LogP contribution < -0.4 is 0 Å². The fourth-order valence-corrected chi connectivity index (χ4v) is 3.63. The summed E-state index contributed by atoms with van der Waals surface area (Å²) in [6, 6.07) is 11.7. The van der Waals surface area contributed by atoms with E-state index in [1.807, 2.05) is 18.2 Å². The van der Waals surface area contributed by atoms with Crippen LogP contribution >= 0.6 is 0 Å². The van der Waals surface area contributed by atoms with Gasteiger partial charge in [0.15, 0.2) is 5.76 Å². The van der Waals surface area contributed by atoms with Gasteiger partial charge >= 0.3 is 0 Å². The number of hydrogen-bond acceptors (Lipinski definition) is 3. The highest BCUT2D eigenvalue weighted by Crippen LogP contribution is 2.37. The van der Waals surface area contributed by atoms with Gasteiger partial charge in [0.05, 0.1) is 12.0 Å². The summed E-state index contributed by atoms with van der Waals surface area (Å²) in [5.74, 6) is 0.784. The Bertz CT molecular complexity index is 868. The number of aromatic nitrogens is 1. The molecule has 1 fully saturated rings. The van der Waals surface area contributed by atoms with Gasteiger partial charge in [-0.05, 0) is 66.8 Å². The predicted molar refractivity (Wildman–Crippen MR) is 94.8 cm³/mol. The molecule has 2 aromatic heterocycles. The van der Waals surface area contributed by atoms with Crippen LogP contribution in [0.2, 0.25) is 0 Å². The van der Waals surface area contributed by atoms with Gasteiger partial charge in [-0.15, -0.1) is 0 Å². The molecule has 4 heteroatoms. The minimum atomic E-state index is -0.391. The van der Waals surface area contributed by atoms with Crippen LogP contribution in [-0.4, -0.2) is 10.1 Å². The van der Waals surface area contributed by atoms with E-state index in [1.54, 1.807) is 6.26 Å². The largest absolute Gasteiger partial charge is 0.507 e. The Morgan fingerprint density at radius 2 is 1.80 bits per heavy atom. The van der Waals surface area contributed by atoms with E-state index in [2.05, 4.69) is 11.1 Å². The van der Waals surface area contributed by atoms with Crippen molar-refractivity contribution >= 4 is 0 Å². The topological polar surface area (TPSA) is 46.3 Å². The average Bonchev–Trinajstić information content (AvgIpc) is 3.19. The van der Waals surface area contributed by atoms with Crippen LogP contribution in [0.3, 0.4) is 0 Å². The number of benzene rings is 1. The Balaban J connectivity index is 1.85. The van der Waals surface area contributed by atoms with E-state index in [0.717, 1.165) is 12.8 Å². The molecule has 0 aliphatic heterocycles. The Kier molecular flexibility index (Phi) is 4.26. The number of halogens is 1. The normalized spacial score (nSPS) is 15.4. The molecule has 1 saturated carbocycles. The molecule has 0 bridgehead atoms. The lowest BCUT2D eigenvalue weighted by Crippen LogP contribution is -2.05. The van der Waals surface area contributed by atoms with E-state index < -0.39 is 5.82 Å². The highest BCUT2D eigenvalue weighted by atomic mass is 19.1. The second kappa shape index (κ2) is 6.71. The van der Waals surface area contributed by atoms with Crippen LogP contribution in [0.15, 0.2) is 53.1 Å². The first-order chi connectivity index (χ1) is 12.2. The zero-order chi connectivity index (χ0) is 17.2. The van der Waals surface area contributed by atoms with Gasteiger partial charge in [0.1, 0.15) is 17.3 Å². The summed E-state index contributed by atoms with van der Waals surface area (Å²) in [5, 5.41) is 10.2. The van der Waals surface area contributed by atoms with Crippen LogP contribution in [0, 0.1) is 5.82 Å². The molecule has 0 amide bonds. The minimum absolute atomic E-state index is 0.0279. The number of rotatable bonds is 3. The first kappa shape index (κ1) is 15.9. The summed E-state index contributed by atoms with van der Waals surface area (Å²) in [5.41, 5.74) is 2.88. The molecule has 3 nitrogen and oxygen atoms in total. The fraction of sp³-hybridized carbons (Fsp3) is 0.286. The third-order valence-corrected chi connectivity index (χ3v) is 4.93. The lowest BCUT2D eigenvalue weighted by Gasteiger charge is -2.23. The summed E-state index contributed by atoms with van der Waals surface area (Å²) >= 11 is 0. The third kappa shape index (κ3) is 3.29. The molecule has 0 atom stereocenters. The Labute approximate surface area is 146 Å². The highest BCUT2D eigenvalue weighted by Gasteiger charge is 2.19. The van der Waals surface area contributed by atoms with Gasteiger partial charge in [-0.3, -0.25) is 0 Å². The number of hydrogen-bond donors (Lipinski definition) is 1. The number of furan rings is 1. The van der Waals surface area contributed by atoms with Gasteiger partial charge in [-0.25, -0.2) is 9.37 Å². The molecule has 0 saturated heterocycles. The van der Waals surface area contributed by atoms with Crippen LogP contribution in [0.1, 0.15) is 43.6 Å². The lowest BCUT2D eigenvalue weighted by molar-refractivity contribution is 0.443. The lowest BCUT2D eigenvalue weighted by atomic mass is 9.83. The summed E-state index contributed by atoms with van der Waals surface area (Å²) < 4.78 is 19.2. The van der Waals surface area contributed by atoms with E-state index in [9.17, 15) is 9.50 Å². The highest BCUT2D eigenvalue weighted by molar-refractivity contribution is 5.70. The molecule has 1 aliphatic carbocycles. The van der Waals surface area contributed by atoms with Crippen LogP contribution in [0.25, 0.3) is 22.7 Å². The third-order valence-electron chi connectivity index (χ3n) is 4.93. The number of phenols is 1. The predicted octanol–water partition coefficient (Wildman–Crippen LogP) is 5.90.